The summed E-state index contributed by atoms with van der Waals surface area (Å²) in [6, 6.07) is -0.0371. The van der Waals surface area contributed by atoms with Crippen LogP contribution in [0.15, 0.2) is 0 Å². The summed E-state index contributed by atoms with van der Waals surface area (Å²) < 4.78 is 5.21. The molecule has 0 aromatic carbocycles. The van der Waals surface area contributed by atoms with Crippen molar-refractivity contribution in [3.8, 4) is 0 Å². The van der Waals surface area contributed by atoms with E-state index in [9.17, 15) is 4.79 Å². The lowest BCUT2D eigenvalue weighted by atomic mass is 9.89. The van der Waals surface area contributed by atoms with Crippen LogP contribution in [0.5, 0.6) is 0 Å². The van der Waals surface area contributed by atoms with Crippen LogP contribution in [-0.4, -0.2) is 49.3 Å². The van der Waals surface area contributed by atoms with Gasteiger partial charge in [0.25, 0.3) is 0 Å². The topological polar surface area (TPSA) is 67.6 Å². The first-order valence-electron chi connectivity index (χ1n) is 5.84. The van der Waals surface area contributed by atoms with Crippen molar-refractivity contribution in [3.05, 3.63) is 0 Å². The molecule has 1 aliphatic heterocycles. The lowest BCUT2D eigenvalue weighted by Crippen LogP contribution is -2.59. The highest BCUT2D eigenvalue weighted by Crippen LogP contribution is 2.15. The van der Waals surface area contributed by atoms with Crippen LogP contribution in [0.2, 0.25) is 0 Å². The van der Waals surface area contributed by atoms with Crippen LogP contribution in [0.25, 0.3) is 0 Å². The Morgan fingerprint density at radius 3 is 2.50 bits per heavy atom. The first-order valence-corrected chi connectivity index (χ1v) is 5.84. The van der Waals surface area contributed by atoms with Crippen LogP contribution in [0, 0.1) is 5.92 Å². The fraction of sp³-hybridized carbons (Fsp3) is 0.909. The summed E-state index contributed by atoms with van der Waals surface area (Å²) in [4.78, 5) is 13.8. The third-order valence-electron chi connectivity index (χ3n) is 3.39. The van der Waals surface area contributed by atoms with Crippen molar-refractivity contribution in [2.75, 3.05) is 32.8 Å². The van der Waals surface area contributed by atoms with Gasteiger partial charge in [0, 0.05) is 19.6 Å². The third kappa shape index (κ3) is 3.09. The summed E-state index contributed by atoms with van der Waals surface area (Å²) >= 11 is 0. The SMILES string of the molecule is CC(C)C(C)(CN)NC(=O)N1CCOCC1. The maximum Gasteiger partial charge on any atom is 0.318 e. The van der Waals surface area contributed by atoms with Crippen LogP contribution in [-0.2, 0) is 4.74 Å². The number of rotatable bonds is 3. The number of hydrogen-bond donors (Lipinski definition) is 2. The van der Waals surface area contributed by atoms with Crippen molar-refractivity contribution in [1.29, 1.82) is 0 Å². The van der Waals surface area contributed by atoms with Gasteiger partial charge in [0.2, 0.25) is 0 Å². The van der Waals surface area contributed by atoms with E-state index in [1.165, 1.54) is 0 Å². The van der Waals surface area contributed by atoms with E-state index < -0.39 is 0 Å². The van der Waals surface area contributed by atoms with Gasteiger partial charge in [0.15, 0.2) is 0 Å². The van der Waals surface area contributed by atoms with Gasteiger partial charge in [0.1, 0.15) is 0 Å². The molecule has 94 valence electrons. The molecule has 2 amide bonds. The summed E-state index contributed by atoms with van der Waals surface area (Å²) in [5.41, 5.74) is 5.39. The summed E-state index contributed by atoms with van der Waals surface area (Å²) in [6.07, 6.45) is 0. The Balaban J connectivity index is 2.54. The highest BCUT2D eigenvalue weighted by atomic mass is 16.5. The summed E-state index contributed by atoms with van der Waals surface area (Å²) in [5.74, 6) is 0.308. The number of urea groups is 1. The van der Waals surface area contributed by atoms with E-state index >= 15 is 0 Å². The largest absolute Gasteiger partial charge is 0.378 e. The van der Waals surface area contributed by atoms with Gasteiger partial charge in [-0.1, -0.05) is 13.8 Å². The van der Waals surface area contributed by atoms with E-state index in [0.717, 1.165) is 0 Å². The Kier molecular flexibility index (Phi) is 4.56. The molecule has 0 radical (unpaired) electrons. The summed E-state index contributed by atoms with van der Waals surface area (Å²) in [5, 5.41) is 3.02. The third-order valence-corrected chi connectivity index (χ3v) is 3.39. The zero-order valence-electron chi connectivity index (χ0n) is 10.5. The molecule has 1 atom stereocenters. The molecule has 1 saturated heterocycles. The second-order valence-corrected chi connectivity index (χ2v) is 4.81. The molecule has 1 rings (SSSR count). The number of nitrogens with one attached hydrogen (secondary N) is 1. The minimum atomic E-state index is -0.338. The van der Waals surface area contributed by atoms with Gasteiger partial charge in [0.05, 0.1) is 18.8 Å². The fourth-order valence-electron chi connectivity index (χ4n) is 1.52. The molecular weight excluding hydrogens is 206 g/mol. The first kappa shape index (κ1) is 13.3. The van der Waals surface area contributed by atoms with E-state index in [1.807, 2.05) is 6.92 Å². The minimum Gasteiger partial charge on any atom is -0.378 e. The number of carbonyl (C=O) groups is 1. The molecule has 3 N–H and O–H groups in total. The molecule has 1 aliphatic rings. The number of ether oxygens (including phenoxy) is 1. The zero-order valence-corrected chi connectivity index (χ0v) is 10.5. The van der Waals surface area contributed by atoms with E-state index in [0.29, 0.717) is 38.8 Å². The molecule has 0 aromatic rings. The van der Waals surface area contributed by atoms with Crippen molar-refractivity contribution in [2.45, 2.75) is 26.3 Å². The maximum absolute atomic E-state index is 12.0. The molecule has 0 aliphatic carbocycles. The van der Waals surface area contributed by atoms with Crippen molar-refractivity contribution in [1.82, 2.24) is 10.2 Å². The molecule has 1 fully saturated rings. The lowest BCUT2D eigenvalue weighted by Gasteiger charge is -2.37. The zero-order chi connectivity index (χ0) is 12.2. The highest BCUT2D eigenvalue weighted by Gasteiger charge is 2.30. The second kappa shape index (κ2) is 5.50. The van der Waals surface area contributed by atoms with Crippen LogP contribution in [0.3, 0.4) is 0 Å². The lowest BCUT2D eigenvalue weighted by molar-refractivity contribution is 0.0503. The molecule has 5 heteroatoms. The summed E-state index contributed by atoms with van der Waals surface area (Å²) in [6.45, 7) is 9.10. The van der Waals surface area contributed by atoms with E-state index in [4.69, 9.17) is 10.5 Å². The minimum absolute atomic E-state index is 0.0371. The molecule has 1 heterocycles. The Hall–Kier alpha value is -0.810. The standard InChI is InChI=1S/C11H23N3O2/c1-9(2)11(3,8-12)13-10(15)14-4-6-16-7-5-14/h9H,4-8,12H2,1-3H3,(H,13,15). The molecule has 16 heavy (non-hydrogen) atoms. The molecular formula is C11H23N3O2. The van der Waals surface area contributed by atoms with Crippen molar-refractivity contribution < 1.29 is 9.53 Å². The van der Waals surface area contributed by atoms with Gasteiger partial charge < -0.3 is 20.7 Å². The number of carbonyl (C=O) groups excluding carboxylic acids is 1. The molecule has 0 spiro atoms. The number of morpholine rings is 1. The van der Waals surface area contributed by atoms with Gasteiger partial charge in [-0.05, 0) is 12.8 Å². The molecule has 0 aromatic heterocycles. The van der Waals surface area contributed by atoms with Gasteiger partial charge in [-0.2, -0.15) is 0 Å². The normalized spacial score (nSPS) is 20.7. The fourth-order valence-corrected chi connectivity index (χ4v) is 1.52. The van der Waals surface area contributed by atoms with Gasteiger partial charge >= 0.3 is 6.03 Å². The summed E-state index contributed by atoms with van der Waals surface area (Å²) in [7, 11) is 0. The quantitative estimate of drug-likeness (QED) is 0.736. The predicted molar refractivity (Wildman–Crippen MR) is 63.2 cm³/mol. The molecule has 0 bridgehead atoms. The first-order chi connectivity index (χ1) is 7.49. The van der Waals surface area contributed by atoms with E-state index in [1.54, 1.807) is 4.90 Å². The van der Waals surface area contributed by atoms with Crippen LogP contribution >= 0.6 is 0 Å². The van der Waals surface area contributed by atoms with Crippen molar-refractivity contribution in [2.24, 2.45) is 11.7 Å². The van der Waals surface area contributed by atoms with Crippen LogP contribution in [0.1, 0.15) is 20.8 Å². The number of amides is 2. The Bertz CT molecular complexity index is 239. The second-order valence-electron chi connectivity index (χ2n) is 4.81. The van der Waals surface area contributed by atoms with Crippen molar-refractivity contribution >= 4 is 6.03 Å². The molecule has 5 nitrogen and oxygen atoms in total. The average molecular weight is 229 g/mol. The van der Waals surface area contributed by atoms with Crippen LogP contribution < -0.4 is 11.1 Å². The van der Waals surface area contributed by atoms with Gasteiger partial charge in [-0.25, -0.2) is 4.79 Å². The Morgan fingerprint density at radius 1 is 1.50 bits per heavy atom. The Labute approximate surface area is 97.3 Å². The van der Waals surface area contributed by atoms with Crippen LogP contribution in [0.4, 0.5) is 4.79 Å². The van der Waals surface area contributed by atoms with Gasteiger partial charge in [-0.3, -0.25) is 0 Å². The van der Waals surface area contributed by atoms with Crippen molar-refractivity contribution in [3.63, 3.8) is 0 Å². The molecule has 1 unspecified atom stereocenters. The van der Waals surface area contributed by atoms with Gasteiger partial charge in [-0.15, -0.1) is 0 Å². The van der Waals surface area contributed by atoms with E-state index in [-0.39, 0.29) is 11.6 Å². The monoisotopic (exact) mass is 229 g/mol. The predicted octanol–water partition coefficient (Wildman–Crippen LogP) is 0.402. The molecule has 0 saturated carbocycles. The maximum atomic E-state index is 12.0. The number of nitrogens with two attached hydrogens (primary N) is 1. The smallest absolute Gasteiger partial charge is 0.318 e. The number of hydrogen-bond acceptors (Lipinski definition) is 3. The highest BCUT2D eigenvalue weighted by molar-refractivity contribution is 5.75. The average Bonchev–Trinajstić information content (AvgIpc) is 2.29. The Morgan fingerprint density at radius 2 is 2.06 bits per heavy atom. The van der Waals surface area contributed by atoms with E-state index in [2.05, 4.69) is 19.2 Å². The number of nitrogens with zero attached hydrogens (tertiary/aromatic N) is 1.